The van der Waals surface area contributed by atoms with Gasteiger partial charge in [-0.1, -0.05) is 29.2 Å². The highest BCUT2D eigenvalue weighted by molar-refractivity contribution is 14.1. The number of nitrogens with zero attached hydrogens (tertiary/aromatic N) is 1. The molecule has 0 saturated heterocycles. The number of carbonyl (C=O) groups is 1. The summed E-state index contributed by atoms with van der Waals surface area (Å²) >= 11 is 2.33. The molecule has 0 fully saturated rings. The molecule has 0 aliphatic rings. The smallest absolute Gasteiger partial charge is 0.213 e. The van der Waals surface area contributed by atoms with Crippen molar-refractivity contribution in [3.05, 3.63) is 12.8 Å². The fraction of sp³-hybridized carbons (Fsp3) is 0.571. The second kappa shape index (κ2) is 7.05. The summed E-state index contributed by atoms with van der Waals surface area (Å²) in [5.41, 5.74) is 0. The van der Waals surface area contributed by atoms with Crippen LogP contribution in [0.3, 0.4) is 0 Å². The summed E-state index contributed by atoms with van der Waals surface area (Å²) in [5.74, 6) is 0. The van der Waals surface area contributed by atoms with Gasteiger partial charge in [0.2, 0.25) is 6.41 Å². The molecule has 1 amide bonds. The summed E-state index contributed by atoms with van der Waals surface area (Å²) in [4.78, 5) is 11.7. The average Bonchev–Trinajstić information content (AvgIpc) is 1.99. The highest BCUT2D eigenvalue weighted by Crippen LogP contribution is 1.96. The van der Waals surface area contributed by atoms with Crippen LogP contribution in [0.2, 0.25) is 0 Å². The molecule has 0 aliphatic heterocycles. The van der Waals surface area contributed by atoms with E-state index < -0.39 is 0 Å². The maximum atomic E-state index is 10.2. The van der Waals surface area contributed by atoms with Crippen molar-refractivity contribution in [1.29, 1.82) is 0 Å². The maximum absolute atomic E-state index is 10.2. The lowest BCUT2D eigenvalue weighted by molar-refractivity contribution is -0.115. The topological polar surface area (TPSA) is 20.3 Å². The Morgan fingerprint density at radius 1 is 1.50 bits per heavy atom. The molecule has 0 aromatic carbocycles. The Kier molecular flexibility index (Phi) is 7.01. The van der Waals surface area contributed by atoms with E-state index in [1.54, 1.807) is 11.1 Å². The Hall–Kier alpha value is -0.0600. The molecule has 0 aromatic heterocycles. The van der Waals surface area contributed by atoms with E-state index in [0.29, 0.717) is 0 Å². The number of halogens is 1. The summed E-state index contributed by atoms with van der Waals surface area (Å²) in [7, 11) is 0. The van der Waals surface area contributed by atoms with Gasteiger partial charge in [-0.2, -0.15) is 0 Å². The van der Waals surface area contributed by atoms with E-state index in [9.17, 15) is 4.79 Å². The van der Waals surface area contributed by atoms with Crippen molar-refractivity contribution in [3.8, 4) is 0 Å². The van der Waals surface area contributed by atoms with Gasteiger partial charge in [0, 0.05) is 6.54 Å². The van der Waals surface area contributed by atoms with Crippen LogP contribution in [-0.2, 0) is 4.79 Å². The van der Waals surface area contributed by atoms with E-state index in [0.717, 1.165) is 23.8 Å². The molecular weight excluding hydrogens is 241 g/mol. The van der Waals surface area contributed by atoms with E-state index >= 15 is 0 Å². The first-order chi connectivity index (χ1) is 4.85. The maximum Gasteiger partial charge on any atom is 0.213 e. The first-order valence-corrected chi connectivity index (χ1v) is 4.77. The van der Waals surface area contributed by atoms with Gasteiger partial charge in [-0.05, 0) is 23.5 Å². The lowest BCUT2D eigenvalue weighted by Gasteiger charge is -2.09. The minimum absolute atomic E-state index is 0.802. The molecule has 0 atom stereocenters. The first kappa shape index (κ1) is 9.94. The molecule has 0 saturated carbocycles. The Morgan fingerprint density at radius 3 is 2.60 bits per heavy atom. The van der Waals surface area contributed by atoms with E-state index in [2.05, 4.69) is 29.2 Å². The Labute approximate surface area is 75.4 Å². The Bertz CT molecular complexity index is 97.8. The minimum Gasteiger partial charge on any atom is -0.322 e. The molecule has 0 aliphatic carbocycles. The van der Waals surface area contributed by atoms with Crippen LogP contribution in [-0.4, -0.2) is 22.3 Å². The predicted molar refractivity (Wildman–Crippen MR) is 51.1 cm³/mol. The monoisotopic (exact) mass is 253 g/mol. The van der Waals surface area contributed by atoms with Crippen LogP contribution in [0.25, 0.3) is 0 Å². The van der Waals surface area contributed by atoms with Crippen LogP contribution in [0, 0.1) is 0 Å². The molecule has 0 N–H and O–H groups in total. The number of carbonyl (C=O) groups excluding carboxylic acids is 1. The molecule has 0 bridgehead atoms. The summed E-state index contributed by atoms with van der Waals surface area (Å²) in [5, 5.41) is 0. The standard InChI is InChI=1S/C7H12INO/c1-2-9(7-10)6-4-3-5-8/h2,7H,1,3-6H2. The third-order valence-electron chi connectivity index (χ3n) is 1.17. The van der Waals surface area contributed by atoms with Gasteiger partial charge in [0.25, 0.3) is 0 Å². The lowest BCUT2D eigenvalue weighted by atomic mass is 10.3. The van der Waals surface area contributed by atoms with Crippen molar-refractivity contribution in [1.82, 2.24) is 4.90 Å². The Morgan fingerprint density at radius 2 is 2.20 bits per heavy atom. The molecule has 58 valence electrons. The molecule has 2 nitrogen and oxygen atoms in total. The molecule has 0 aromatic rings. The van der Waals surface area contributed by atoms with E-state index in [1.165, 1.54) is 6.42 Å². The minimum atomic E-state index is 0.802. The number of hydrogen-bond acceptors (Lipinski definition) is 1. The van der Waals surface area contributed by atoms with Gasteiger partial charge in [0.15, 0.2) is 0 Å². The molecule has 0 radical (unpaired) electrons. The number of rotatable bonds is 6. The lowest BCUT2D eigenvalue weighted by Crippen LogP contribution is -2.15. The van der Waals surface area contributed by atoms with Gasteiger partial charge >= 0.3 is 0 Å². The van der Waals surface area contributed by atoms with Gasteiger partial charge < -0.3 is 4.90 Å². The summed E-state index contributed by atoms with van der Waals surface area (Å²) < 4.78 is 1.15. The second-order valence-corrected chi connectivity index (χ2v) is 3.00. The fourth-order valence-corrected chi connectivity index (χ4v) is 1.12. The molecule has 0 spiro atoms. The number of hydrogen-bond donors (Lipinski definition) is 0. The van der Waals surface area contributed by atoms with Crippen molar-refractivity contribution in [3.63, 3.8) is 0 Å². The zero-order valence-electron chi connectivity index (χ0n) is 5.92. The molecule has 0 heterocycles. The van der Waals surface area contributed by atoms with Crippen LogP contribution in [0.15, 0.2) is 12.8 Å². The Balaban J connectivity index is 3.25. The summed E-state index contributed by atoms with van der Waals surface area (Å²) in [6.45, 7) is 4.30. The van der Waals surface area contributed by atoms with Crippen LogP contribution in [0.1, 0.15) is 12.8 Å². The quantitative estimate of drug-likeness (QED) is 0.306. The van der Waals surface area contributed by atoms with Gasteiger partial charge in [-0.15, -0.1) is 0 Å². The van der Waals surface area contributed by atoms with Gasteiger partial charge in [0.1, 0.15) is 0 Å². The van der Waals surface area contributed by atoms with E-state index in [1.807, 2.05) is 0 Å². The predicted octanol–water partition coefficient (Wildman–Crippen LogP) is 1.80. The zero-order valence-corrected chi connectivity index (χ0v) is 8.08. The molecule has 0 unspecified atom stereocenters. The summed E-state index contributed by atoms with van der Waals surface area (Å²) in [6, 6.07) is 0. The highest BCUT2D eigenvalue weighted by atomic mass is 127. The number of amides is 1. The zero-order chi connectivity index (χ0) is 7.82. The first-order valence-electron chi connectivity index (χ1n) is 3.24. The third kappa shape index (κ3) is 4.78. The van der Waals surface area contributed by atoms with Crippen LogP contribution in [0.4, 0.5) is 0 Å². The largest absolute Gasteiger partial charge is 0.322 e. The second-order valence-electron chi connectivity index (χ2n) is 1.92. The third-order valence-corrected chi connectivity index (χ3v) is 1.93. The normalized spacial score (nSPS) is 8.90. The van der Waals surface area contributed by atoms with Gasteiger partial charge in [-0.25, -0.2) is 0 Å². The molecule has 3 heteroatoms. The van der Waals surface area contributed by atoms with Crippen molar-refractivity contribution < 1.29 is 4.79 Å². The van der Waals surface area contributed by atoms with Crippen molar-refractivity contribution in [2.24, 2.45) is 0 Å². The van der Waals surface area contributed by atoms with Gasteiger partial charge in [-0.3, -0.25) is 4.79 Å². The number of alkyl halides is 1. The van der Waals surface area contributed by atoms with E-state index in [4.69, 9.17) is 0 Å². The highest BCUT2D eigenvalue weighted by Gasteiger charge is 1.93. The SMILES string of the molecule is C=CN(C=O)CCCCI. The molecule has 0 rings (SSSR count). The van der Waals surface area contributed by atoms with Crippen LogP contribution in [0.5, 0.6) is 0 Å². The van der Waals surface area contributed by atoms with E-state index in [-0.39, 0.29) is 0 Å². The van der Waals surface area contributed by atoms with Gasteiger partial charge in [0.05, 0.1) is 0 Å². The molecular formula is C7H12INO. The van der Waals surface area contributed by atoms with Crippen molar-refractivity contribution in [2.75, 3.05) is 11.0 Å². The fourth-order valence-electron chi connectivity index (χ4n) is 0.576. The van der Waals surface area contributed by atoms with Crippen molar-refractivity contribution >= 4 is 29.0 Å². The van der Waals surface area contributed by atoms with Crippen molar-refractivity contribution in [2.45, 2.75) is 12.8 Å². The summed E-state index contributed by atoms with van der Waals surface area (Å²) in [6.07, 6.45) is 4.59. The van der Waals surface area contributed by atoms with Crippen LogP contribution < -0.4 is 0 Å². The number of unbranched alkanes of at least 4 members (excludes halogenated alkanes) is 1. The van der Waals surface area contributed by atoms with Crippen LogP contribution >= 0.6 is 22.6 Å². The molecule has 10 heavy (non-hydrogen) atoms. The average molecular weight is 253 g/mol.